The predicted octanol–water partition coefficient (Wildman–Crippen LogP) is 3.22. The van der Waals surface area contributed by atoms with E-state index in [1.165, 1.54) is 0 Å². The van der Waals surface area contributed by atoms with Crippen molar-refractivity contribution in [1.29, 1.82) is 0 Å². The first kappa shape index (κ1) is 15.9. The van der Waals surface area contributed by atoms with Gasteiger partial charge in [0, 0.05) is 19.4 Å². The number of Topliss-reactive ketones (excluding diaryl/α,β-unsaturated/α-hetero) is 1. The van der Waals surface area contributed by atoms with Gasteiger partial charge in [-0.2, -0.15) is 13.2 Å². The number of hydrogen-bond acceptors (Lipinski definition) is 2. The maximum Gasteiger partial charge on any atom is 0.416 e. The van der Waals surface area contributed by atoms with Crippen LogP contribution in [-0.2, 0) is 17.4 Å². The number of halogens is 4. The standard InChI is InChI=1S/C15H17F4NO/c1-9-4-10(6-11(5-9)15(17,18)19)2-3-14(21)13-7-12(16)8-20-13/h4-6,12-13,20H,2-3,7-8H2,1H3/t12-,13-/m0/s1. The van der Waals surface area contributed by atoms with Crippen LogP contribution in [0.15, 0.2) is 18.2 Å². The molecule has 2 atom stereocenters. The van der Waals surface area contributed by atoms with Gasteiger partial charge in [0.05, 0.1) is 11.6 Å². The Morgan fingerprint density at radius 1 is 1.33 bits per heavy atom. The van der Waals surface area contributed by atoms with Crippen LogP contribution in [0.2, 0.25) is 0 Å². The summed E-state index contributed by atoms with van der Waals surface area (Å²) in [5, 5.41) is 2.78. The fraction of sp³-hybridized carbons (Fsp3) is 0.533. The normalized spacial score (nSPS) is 22.5. The molecule has 1 heterocycles. The zero-order valence-corrected chi connectivity index (χ0v) is 11.6. The minimum Gasteiger partial charge on any atom is -0.304 e. The lowest BCUT2D eigenvalue weighted by atomic mass is 9.99. The topological polar surface area (TPSA) is 29.1 Å². The number of rotatable bonds is 4. The van der Waals surface area contributed by atoms with Crippen molar-refractivity contribution in [1.82, 2.24) is 5.32 Å². The van der Waals surface area contributed by atoms with Crippen molar-refractivity contribution in [2.24, 2.45) is 0 Å². The van der Waals surface area contributed by atoms with Crippen LogP contribution in [0.25, 0.3) is 0 Å². The van der Waals surface area contributed by atoms with E-state index in [4.69, 9.17) is 0 Å². The van der Waals surface area contributed by atoms with E-state index in [0.29, 0.717) is 11.1 Å². The molecule has 6 heteroatoms. The molecule has 116 valence electrons. The number of aryl methyl sites for hydroxylation is 2. The van der Waals surface area contributed by atoms with Gasteiger partial charge < -0.3 is 5.32 Å². The van der Waals surface area contributed by atoms with Crippen LogP contribution in [0.4, 0.5) is 17.6 Å². The van der Waals surface area contributed by atoms with Gasteiger partial charge >= 0.3 is 6.18 Å². The highest BCUT2D eigenvalue weighted by molar-refractivity contribution is 5.84. The third-order valence-corrected chi connectivity index (χ3v) is 3.59. The summed E-state index contributed by atoms with van der Waals surface area (Å²) in [6, 6.07) is 3.28. The highest BCUT2D eigenvalue weighted by Crippen LogP contribution is 2.30. The SMILES string of the molecule is Cc1cc(CCC(=O)[C@@H]2C[C@H](F)CN2)cc(C(F)(F)F)c1. The zero-order valence-electron chi connectivity index (χ0n) is 11.6. The summed E-state index contributed by atoms with van der Waals surface area (Å²) in [6.45, 7) is 1.76. The molecule has 0 aromatic heterocycles. The molecule has 1 aliphatic heterocycles. The molecule has 1 saturated heterocycles. The van der Waals surface area contributed by atoms with Crippen LogP contribution in [0.5, 0.6) is 0 Å². The number of alkyl halides is 4. The van der Waals surface area contributed by atoms with Crippen molar-refractivity contribution in [3.8, 4) is 0 Å². The molecule has 0 radical (unpaired) electrons. The Hall–Kier alpha value is -1.43. The van der Waals surface area contributed by atoms with Crippen LogP contribution in [-0.4, -0.2) is 24.5 Å². The van der Waals surface area contributed by atoms with E-state index < -0.39 is 24.0 Å². The van der Waals surface area contributed by atoms with Gasteiger partial charge in [0.25, 0.3) is 0 Å². The van der Waals surface area contributed by atoms with Gasteiger partial charge in [-0.15, -0.1) is 0 Å². The Kier molecular flexibility index (Phi) is 4.66. The Morgan fingerprint density at radius 2 is 2.05 bits per heavy atom. The van der Waals surface area contributed by atoms with E-state index >= 15 is 0 Å². The molecule has 1 aromatic rings. The molecule has 1 aliphatic rings. The van der Waals surface area contributed by atoms with Crippen LogP contribution in [0.1, 0.15) is 29.5 Å². The monoisotopic (exact) mass is 303 g/mol. The molecule has 2 rings (SSSR count). The summed E-state index contributed by atoms with van der Waals surface area (Å²) >= 11 is 0. The molecule has 0 amide bonds. The Labute approximate surface area is 120 Å². The molecule has 1 aromatic carbocycles. The lowest BCUT2D eigenvalue weighted by Crippen LogP contribution is -2.30. The summed E-state index contributed by atoms with van der Waals surface area (Å²) in [5.41, 5.74) is 0.285. The summed E-state index contributed by atoms with van der Waals surface area (Å²) in [5.74, 6) is -0.148. The molecule has 1 fully saturated rings. The lowest BCUT2D eigenvalue weighted by Gasteiger charge is -2.12. The van der Waals surface area contributed by atoms with Gasteiger partial charge in [0.15, 0.2) is 0 Å². The van der Waals surface area contributed by atoms with Crippen LogP contribution >= 0.6 is 0 Å². The molecule has 0 spiro atoms. The molecule has 1 N–H and O–H groups in total. The highest BCUT2D eigenvalue weighted by atomic mass is 19.4. The quantitative estimate of drug-likeness (QED) is 0.865. The number of ketones is 1. The van der Waals surface area contributed by atoms with Crippen molar-refractivity contribution in [2.45, 2.75) is 44.6 Å². The number of carbonyl (C=O) groups is 1. The van der Waals surface area contributed by atoms with Crippen molar-refractivity contribution >= 4 is 5.78 Å². The molecule has 0 unspecified atom stereocenters. The maximum absolute atomic E-state index is 13.0. The molecule has 0 bridgehead atoms. The van der Waals surface area contributed by atoms with E-state index in [1.807, 2.05) is 0 Å². The van der Waals surface area contributed by atoms with Gasteiger partial charge in [-0.1, -0.05) is 11.6 Å². The minimum absolute atomic E-state index is 0.116. The summed E-state index contributed by atoms with van der Waals surface area (Å²) in [4.78, 5) is 11.9. The van der Waals surface area contributed by atoms with Gasteiger partial charge in [-0.3, -0.25) is 4.79 Å². The largest absolute Gasteiger partial charge is 0.416 e. The molecule has 2 nitrogen and oxygen atoms in total. The molecular formula is C15H17F4NO. The second-order valence-electron chi connectivity index (χ2n) is 5.47. The zero-order chi connectivity index (χ0) is 15.6. The summed E-state index contributed by atoms with van der Waals surface area (Å²) in [7, 11) is 0. The highest BCUT2D eigenvalue weighted by Gasteiger charge is 2.31. The van der Waals surface area contributed by atoms with E-state index in [1.54, 1.807) is 13.0 Å². The molecule has 0 aliphatic carbocycles. The minimum atomic E-state index is -4.39. The third-order valence-electron chi connectivity index (χ3n) is 3.59. The van der Waals surface area contributed by atoms with Crippen LogP contribution in [0.3, 0.4) is 0 Å². The first-order valence-electron chi connectivity index (χ1n) is 6.83. The average molecular weight is 303 g/mol. The molecule has 0 saturated carbocycles. The number of benzene rings is 1. The summed E-state index contributed by atoms with van der Waals surface area (Å²) < 4.78 is 51.1. The van der Waals surface area contributed by atoms with E-state index in [-0.39, 0.29) is 31.6 Å². The number of carbonyl (C=O) groups excluding carboxylic acids is 1. The van der Waals surface area contributed by atoms with Gasteiger partial charge in [-0.05, 0) is 31.0 Å². The lowest BCUT2D eigenvalue weighted by molar-refractivity contribution is -0.137. The van der Waals surface area contributed by atoms with Crippen molar-refractivity contribution < 1.29 is 22.4 Å². The first-order chi connectivity index (χ1) is 9.75. The van der Waals surface area contributed by atoms with Crippen LogP contribution < -0.4 is 5.32 Å². The van der Waals surface area contributed by atoms with Crippen LogP contribution in [0, 0.1) is 6.92 Å². The van der Waals surface area contributed by atoms with Gasteiger partial charge in [0.2, 0.25) is 0 Å². The van der Waals surface area contributed by atoms with Gasteiger partial charge in [-0.25, -0.2) is 4.39 Å². The van der Waals surface area contributed by atoms with E-state index in [0.717, 1.165) is 12.1 Å². The van der Waals surface area contributed by atoms with Crippen molar-refractivity contribution in [3.63, 3.8) is 0 Å². The maximum atomic E-state index is 13.0. The van der Waals surface area contributed by atoms with E-state index in [9.17, 15) is 22.4 Å². The molecule has 21 heavy (non-hydrogen) atoms. The number of nitrogens with one attached hydrogen (secondary N) is 1. The smallest absolute Gasteiger partial charge is 0.304 e. The Balaban J connectivity index is 2.00. The Bertz CT molecular complexity index is 527. The number of hydrogen-bond donors (Lipinski definition) is 1. The molecular weight excluding hydrogens is 286 g/mol. The fourth-order valence-corrected chi connectivity index (χ4v) is 2.55. The Morgan fingerprint density at radius 3 is 2.62 bits per heavy atom. The summed E-state index contributed by atoms with van der Waals surface area (Å²) in [6.07, 6.45) is -4.90. The van der Waals surface area contributed by atoms with E-state index in [2.05, 4.69) is 5.32 Å². The second-order valence-corrected chi connectivity index (χ2v) is 5.47. The second kappa shape index (κ2) is 6.13. The predicted molar refractivity (Wildman–Crippen MR) is 70.8 cm³/mol. The third kappa shape index (κ3) is 4.27. The van der Waals surface area contributed by atoms with Crippen molar-refractivity contribution in [2.75, 3.05) is 6.54 Å². The van der Waals surface area contributed by atoms with Crippen molar-refractivity contribution in [3.05, 3.63) is 34.9 Å². The first-order valence-corrected chi connectivity index (χ1v) is 6.83. The average Bonchev–Trinajstić information content (AvgIpc) is 2.81. The fourth-order valence-electron chi connectivity index (χ4n) is 2.55. The van der Waals surface area contributed by atoms with Gasteiger partial charge in [0.1, 0.15) is 12.0 Å².